The molecule has 1 aliphatic carbocycles. The summed E-state index contributed by atoms with van der Waals surface area (Å²) < 4.78 is 38.3. The first-order valence-corrected chi connectivity index (χ1v) is 4.14. The van der Waals surface area contributed by atoms with Gasteiger partial charge in [-0.05, 0) is 0 Å². The van der Waals surface area contributed by atoms with E-state index in [0.717, 1.165) is 0 Å². The largest absolute Gasteiger partial charge is 0.292 e. The van der Waals surface area contributed by atoms with Gasteiger partial charge in [0, 0.05) is 5.56 Å². The molecule has 1 fully saturated rings. The van der Waals surface area contributed by atoms with Crippen molar-refractivity contribution in [2.75, 3.05) is 0 Å². The Labute approximate surface area is 78.5 Å². The lowest BCUT2D eigenvalue weighted by atomic mass is 10.1. The Morgan fingerprint density at radius 2 is 1.64 bits per heavy atom. The summed E-state index contributed by atoms with van der Waals surface area (Å²) in [5.74, 6) is -4.61. The number of rotatable bonds is 2. The molecule has 0 N–H and O–H groups in total. The van der Waals surface area contributed by atoms with E-state index >= 15 is 0 Å². The van der Waals surface area contributed by atoms with Crippen LogP contribution < -0.4 is 0 Å². The van der Waals surface area contributed by atoms with Crippen LogP contribution in [-0.2, 0) is 0 Å². The first-order chi connectivity index (χ1) is 6.47. The van der Waals surface area contributed by atoms with Crippen molar-refractivity contribution in [1.29, 1.82) is 0 Å². The van der Waals surface area contributed by atoms with Crippen molar-refractivity contribution in [2.45, 2.75) is 18.0 Å². The summed E-state index contributed by atoms with van der Waals surface area (Å²) in [5, 5.41) is 0. The van der Waals surface area contributed by atoms with Crippen LogP contribution in [0.2, 0.25) is 0 Å². The quantitative estimate of drug-likeness (QED) is 0.670. The van der Waals surface area contributed by atoms with E-state index in [9.17, 15) is 18.0 Å². The lowest BCUT2D eigenvalue weighted by molar-refractivity contribution is 0.0379. The summed E-state index contributed by atoms with van der Waals surface area (Å²) in [5.41, 5.74) is -2.97. The highest BCUT2D eigenvalue weighted by Gasteiger charge is 2.77. The first kappa shape index (κ1) is 9.24. The Kier molecular flexibility index (Phi) is 1.71. The summed E-state index contributed by atoms with van der Waals surface area (Å²) in [6, 6.07) is 7.32. The molecule has 0 radical (unpaired) electrons. The molecule has 2 rings (SSSR count). The Bertz CT molecular complexity index is 374. The highest BCUT2D eigenvalue weighted by atomic mass is 19.3. The van der Waals surface area contributed by atoms with E-state index in [-0.39, 0.29) is 5.56 Å². The molecular formula is C10H7F3O. The Morgan fingerprint density at radius 1 is 1.14 bits per heavy atom. The van der Waals surface area contributed by atoms with Gasteiger partial charge in [0.1, 0.15) is 0 Å². The molecule has 4 heteroatoms. The smallest absolute Gasteiger partial charge is 0.290 e. The third kappa shape index (κ3) is 1.14. The standard InChI is InChI=1S/C10H7F3O/c11-9(6-10(9,12)13)8(14)7-4-2-1-3-5-7/h1-5H,6H2. The van der Waals surface area contributed by atoms with E-state index in [1.807, 2.05) is 0 Å². The van der Waals surface area contributed by atoms with E-state index < -0.39 is 23.8 Å². The third-order valence-corrected chi connectivity index (χ3v) is 2.32. The van der Waals surface area contributed by atoms with E-state index in [0.29, 0.717) is 0 Å². The molecule has 0 amide bonds. The second kappa shape index (κ2) is 2.59. The molecule has 0 bridgehead atoms. The van der Waals surface area contributed by atoms with Crippen LogP contribution in [0.4, 0.5) is 13.2 Å². The minimum absolute atomic E-state index is 0.00725. The van der Waals surface area contributed by atoms with Crippen molar-refractivity contribution < 1.29 is 18.0 Å². The minimum atomic E-state index is -3.49. The van der Waals surface area contributed by atoms with Crippen LogP contribution in [0.1, 0.15) is 16.8 Å². The van der Waals surface area contributed by atoms with Gasteiger partial charge < -0.3 is 0 Å². The topological polar surface area (TPSA) is 17.1 Å². The van der Waals surface area contributed by atoms with Crippen LogP contribution in [0.5, 0.6) is 0 Å². The average Bonchev–Trinajstić information content (AvgIpc) is 2.68. The number of Topliss-reactive ketones (excluding diaryl/α,β-unsaturated/α-hetero) is 1. The number of alkyl halides is 3. The maximum atomic E-state index is 13.3. The number of carbonyl (C=O) groups excluding carboxylic acids is 1. The summed E-state index contributed by atoms with van der Waals surface area (Å²) in [7, 11) is 0. The number of hydrogen-bond acceptors (Lipinski definition) is 1. The highest BCUT2D eigenvalue weighted by molar-refractivity contribution is 6.05. The molecule has 1 aliphatic rings. The average molecular weight is 200 g/mol. The molecule has 1 aromatic carbocycles. The van der Waals surface area contributed by atoms with Gasteiger partial charge >= 0.3 is 0 Å². The van der Waals surface area contributed by atoms with E-state index in [2.05, 4.69) is 0 Å². The minimum Gasteiger partial charge on any atom is -0.290 e. The van der Waals surface area contributed by atoms with Gasteiger partial charge in [-0.2, -0.15) is 0 Å². The van der Waals surface area contributed by atoms with Crippen LogP contribution in [-0.4, -0.2) is 17.4 Å². The Balaban J connectivity index is 2.28. The molecule has 14 heavy (non-hydrogen) atoms. The van der Waals surface area contributed by atoms with Gasteiger partial charge in [-0.1, -0.05) is 30.3 Å². The Hall–Kier alpha value is -1.32. The maximum Gasteiger partial charge on any atom is 0.292 e. The van der Waals surface area contributed by atoms with Gasteiger partial charge in [-0.15, -0.1) is 0 Å². The lowest BCUT2D eigenvalue weighted by Crippen LogP contribution is -2.24. The Morgan fingerprint density at radius 3 is 2.07 bits per heavy atom. The third-order valence-electron chi connectivity index (χ3n) is 2.32. The van der Waals surface area contributed by atoms with Gasteiger partial charge in [0.15, 0.2) is 0 Å². The molecule has 0 saturated heterocycles. The van der Waals surface area contributed by atoms with E-state index in [1.54, 1.807) is 6.07 Å². The van der Waals surface area contributed by atoms with Gasteiger partial charge in [-0.3, -0.25) is 4.79 Å². The van der Waals surface area contributed by atoms with Crippen LogP contribution >= 0.6 is 0 Å². The number of benzene rings is 1. The van der Waals surface area contributed by atoms with Crippen LogP contribution in [0.3, 0.4) is 0 Å². The SMILES string of the molecule is O=C(c1ccccc1)C1(F)CC1(F)F. The number of halogens is 3. The number of carbonyl (C=O) groups is 1. The molecule has 0 aromatic heterocycles. The fourth-order valence-corrected chi connectivity index (χ4v) is 1.33. The second-order valence-corrected chi connectivity index (χ2v) is 3.38. The maximum absolute atomic E-state index is 13.3. The zero-order valence-corrected chi connectivity index (χ0v) is 7.14. The second-order valence-electron chi connectivity index (χ2n) is 3.38. The monoisotopic (exact) mass is 200 g/mol. The van der Waals surface area contributed by atoms with Crippen molar-refractivity contribution in [2.24, 2.45) is 0 Å². The molecule has 1 nitrogen and oxygen atoms in total. The molecule has 1 atom stereocenters. The van der Waals surface area contributed by atoms with Crippen LogP contribution in [0.25, 0.3) is 0 Å². The fraction of sp³-hybridized carbons (Fsp3) is 0.300. The highest BCUT2D eigenvalue weighted by Crippen LogP contribution is 2.57. The van der Waals surface area contributed by atoms with E-state index in [1.165, 1.54) is 24.3 Å². The molecule has 0 spiro atoms. The number of hydrogen-bond donors (Lipinski definition) is 0. The molecule has 0 aliphatic heterocycles. The van der Waals surface area contributed by atoms with E-state index in [4.69, 9.17) is 0 Å². The lowest BCUT2D eigenvalue weighted by Gasteiger charge is -2.04. The first-order valence-electron chi connectivity index (χ1n) is 4.14. The normalized spacial score (nSPS) is 28.5. The van der Waals surface area contributed by atoms with Gasteiger partial charge in [-0.25, -0.2) is 13.2 Å². The summed E-state index contributed by atoms with van der Waals surface area (Å²) in [6.07, 6.45) is -0.992. The number of ketones is 1. The van der Waals surface area contributed by atoms with Crippen molar-refractivity contribution in [1.82, 2.24) is 0 Å². The van der Waals surface area contributed by atoms with Crippen molar-refractivity contribution in [3.05, 3.63) is 35.9 Å². The zero-order chi connectivity index (χ0) is 10.4. The molecule has 1 aromatic rings. The van der Waals surface area contributed by atoms with Gasteiger partial charge in [0.05, 0.1) is 6.42 Å². The molecule has 1 unspecified atom stereocenters. The van der Waals surface area contributed by atoms with Crippen LogP contribution in [0.15, 0.2) is 30.3 Å². The summed E-state index contributed by atoms with van der Waals surface area (Å²) >= 11 is 0. The van der Waals surface area contributed by atoms with Gasteiger partial charge in [0.25, 0.3) is 5.92 Å². The predicted octanol–water partition coefficient (Wildman–Crippen LogP) is 2.62. The van der Waals surface area contributed by atoms with Gasteiger partial charge in [0.2, 0.25) is 11.5 Å². The predicted molar refractivity (Wildman–Crippen MR) is 44.2 cm³/mol. The summed E-state index contributed by atoms with van der Waals surface area (Å²) in [6.45, 7) is 0. The van der Waals surface area contributed by atoms with Crippen molar-refractivity contribution in [3.63, 3.8) is 0 Å². The molecular weight excluding hydrogens is 193 g/mol. The van der Waals surface area contributed by atoms with Crippen molar-refractivity contribution >= 4 is 5.78 Å². The van der Waals surface area contributed by atoms with Crippen LogP contribution in [0, 0.1) is 0 Å². The van der Waals surface area contributed by atoms with Crippen molar-refractivity contribution in [3.8, 4) is 0 Å². The molecule has 0 heterocycles. The molecule has 1 saturated carbocycles. The zero-order valence-electron chi connectivity index (χ0n) is 7.14. The molecule has 74 valence electrons. The fourth-order valence-electron chi connectivity index (χ4n) is 1.33. The summed E-state index contributed by atoms with van der Waals surface area (Å²) in [4.78, 5) is 11.3.